The predicted molar refractivity (Wildman–Crippen MR) is 73.7 cm³/mol. The van der Waals surface area contributed by atoms with Gasteiger partial charge in [0.15, 0.2) is 0 Å². The molecule has 18 heavy (non-hydrogen) atoms. The van der Waals surface area contributed by atoms with Crippen molar-refractivity contribution in [2.75, 3.05) is 20.2 Å². The van der Waals surface area contributed by atoms with E-state index in [9.17, 15) is 0 Å². The molecule has 1 aromatic rings. The van der Waals surface area contributed by atoms with E-state index < -0.39 is 0 Å². The van der Waals surface area contributed by atoms with Crippen molar-refractivity contribution >= 4 is 12.4 Å². The fourth-order valence-corrected chi connectivity index (χ4v) is 2.46. The van der Waals surface area contributed by atoms with Crippen LogP contribution >= 0.6 is 12.4 Å². The van der Waals surface area contributed by atoms with Crippen LogP contribution in [0.4, 0.5) is 0 Å². The van der Waals surface area contributed by atoms with Crippen molar-refractivity contribution in [1.82, 2.24) is 14.5 Å². The first-order valence-electron chi connectivity index (χ1n) is 6.17. The van der Waals surface area contributed by atoms with E-state index in [0.717, 1.165) is 31.8 Å². The van der Waals surface area contributed by atoms with E-state index in [1.165, 1.54) is 0 Å². The summed E-state index contributed by atoms with van der Waals surface area (Å²) in [6.45, 7) is 2.60. The molecule has 0 aliphatic carbocycles. The fourth-order valence-electron chi connectivity index (χ4n) is 2.46. The molecule has 0 radical (unpaired) electrons. The van der Waals surface area contributed by atoms with Crippen LogP contribution in [0.5, 0.6) is 0 Å². The SMILES string of the molecule is COC1CCN(Cc2nccn2C)C(CN)C1.Cl. The molecular formula is C12H23ClN4O. The number of halogens is 1. The van der Waals surface area contributed by atoms with Crippen LogP contribution in [0.25, 0.3) is 0 Å². The molecule has 2 N–H and O–H groups in total. The first kappa shape index (κ1) is 15.4. The van der Waals surface area contributed by atoms with Gasteiger partial charge in [-0.15, -0.1) is 12.4 Å². The predicted octanol–water partition coefficient (Wildman–Crippen LogP) is 0.780. The molecule has 0 spiro atoms. The number of piperidine rings is 1. The van der Waals surface area contributed by atoms with Crippen molar-refractivity contribution in [2.24, 2.45) is 12.8 Å². The van der Waals surface area contributed by atoms with E-state index in [-0.39, 0.29) is 12.4 Å². The van der Waals surface area contributed by atoms with Crippen molar-refractivity contribution in [3.8, 4) is 0 Å². The third-order valence-electron chi connectivity index (χ3n) is 3.66. The Bertz CT molecular complexity index is 358. The summed E-state index contributed by atoms with van der Waals surface area (Å²) in [5.74, 6) is 1.10. The first-order valence-corrected chi connectivity index (χ1v) is 6.17. The fraction of sp³-hybridized carbons (Fsp3) is 0.750. The highest BCUT2D eigenvalue weighted by Gasteiger charge is 2.28. The number of hydrogen-bond acceptors (Lipinski definition) is 4. The number of nitrogens with zero attached hydrogens (tertiary/aromatic N) is 3. The normalized spacial score (nSPS) is 24.8. The summed E-state index contributed by atoms with van der Waals surface area (Å²) in [5, 5.41) is 0. The maximum Gasteiger partial charge on any atom is 0.122 e. The van der Waals surface area contributed by atoms with Gasteiger partial charge in [-0.05, 0) is 12.8 Å². The van der Waals surface area contributed by atoms with Crippen LogP contribution < -0.4 is 5.73 Å². The first-order chi connectivity index (χ1) is 8.24. The number of ether oxygens (including phenoxy) is 1. The van der Waals surface area contributed by atoms with Gasteiger partial charge < -0.3 is 15.0 Å². The molecule has 1 aliphatic heterocycles. The molecule has 1 aliphatic rings. The third-order valence-corrected chi connectivity index (χ3v) is 3.66. The summed E-state index contributed by atoms with van der Waals surface area (Å²) < 4.78 is 7.49. The van der Waals surface area contributed by atoms with Gasteiger partial charge in [0, 0.05) is 45.7 Å². The van der Waals surface area contributed by atoms with Crippen molar-refractivity contribution in [1.29, 1.82) is 0 Å². The smallest absolute Gasteiger partial charge is 0.122 e. The number of nitrogens with two attached hydrogens (primary N) is 1. The zero-order chi connectivity index (χ0) is 12.3. The van der Waals surface area contributed by atoms with Crippen LogP contribution in [-0.2, 0) is 18.3 Å². The van der Waals surface area contributed by atoms with Gasteiger partial charge in [-0.2, -0.15) is 0 Å². The number of methoxy groups -OCH3 is 1. The average Bonchev–Trinajstić information content (AvgIpc) is 2.75. The van der Waals surface area contributed by atoms with Crippen LogP contribution in [0.2, 0.25) is 0 Å². The highest BCUT2D eigenvalue weighted by molar-refractivity contribution is 5.85. The Balaban J connectivity index is 0.00000162. The van der Waals surface area contributed by atoms with Crippen LogP contribution in [0.1, 0.15) is 18.7 Å². The summed E-state index contributed by atoms with van der Waals surface area (Å²) in [7, 11) is 3.81. The van der Waals surface area contributed by atoms with Crippen LogP contribution in [0.15, 0.2) is 12.4 Å². The summed E-state index contributed by atoms with van der Waals surface area (Å²) in [6, 6.07) is 0.408. The van der Waals surface area contributed by atoms with Crippen molar-refractivity contribution in [3.63, 3.8) is 0 Å². The van der Waals surface area contributed by atoms with Gasteiger partial charge in [0.2, 0.25) is 0 Å². The average molecular weight is 275 g/mol. The van der Waals surface area contributed by atoms with Crippen LogP contribution in [0, 0.1) is 0 Å². The zero-order valence-corrected chi connectivity index (χ0v) is 11.9. The molecule has 1 fully saturated rings. The number of hydrogen-bond donors (Lipinski definition) is 1. The van der Waals surface area contributed by atoms with E-state index in [4.69, 9.17) is 10.5 Å². The summed E-state index contributed by atoms with van der Waals surface area (Å²) in [6.07, 6.45) is 6.29. The minimum Gasteiger partial charge on any atom is -0.381 e. The Kier molecular flexibility index (Phi) is 6.08. The molecule has 5 nitrogen and oxygen atoms in total. The summed E-state index contributed by atoms with van der Waals surface area (Å²) in [4.78, 5) is 6.78. The van der Waals surface area contributed by atoms with Gasteiger partial charge in [0.05, 0.1) is 12.6 Å². The van der Waals surface area contributed by atoms with Crippen molar-refractivity contribution < 1.29 is 4.74 Å². The Labute approximate surface area is 115 Å². The van der Waals surface area contributed by atoms with Gasteiger partial charge in [-0.1, -0.05) is 0 Å². The van der Waals surface area contributed by atoms with E-state index in [1.807, 2.05) is 19.4 Å². The van der Waals surface area contributed by atoms with Gasteiger partial charge in [0.1, 0.15) is 5.82 Å². The van der Waals surface area contributed by atoms with Gasteiger partial charge >= 0.3 is 0 Å². The Morgan fingerprint density at radius 1 is 1.56 bits per heavy atom. The lowest BCUT2D eigenvalue weighted by atomic mass is 9.99. The van der Waals surface area contributed by atoms with Gasteiger partial charge in [-0.25, -0.2) is 4.98 Å². The quantitative estimate of drug-likeness (QED) is 0.882. The maximum absolute atomic E-state index is 5.85. The molecule has 0 amide bonds. The molecule has 1 saturated heterocycles. The highest BCUT2D eigenvalue weighted by atomic mass is 35.5. The Morgan fingerprint density at radius 3 is 2.89 bits per heavy atom. The molecule has 2 heterocycles. The summed E-state index contributed by atoms with van der Waals surface area (Å²) >= 11 is 0. The molecule has 6 heteroatoms. The minimum atomic E-state index is 0. The van der Waals surface area contributed by atoms with E-state index >= 15 is 0 Å². The standard InChI is InChI=1S/C12H22N4O.ClH/c1-15-6-4-14-12(15)9-16-5-3-11(17-2)7-10(16)8-13;/h4,6,10-11H,3,5,7-9,13H2,1-2H3;1H. The maximum atomic E-state index is 5.85. The number of rotatable bonds is 4. The minimum absolute atomic E-state index is 0. The van der Waals surface area contributed by atoms with Crippen molar-refractivity contribution in [3.05, 3.63) is 18.2 Å². The summed E-state index contributed by atoms with van der Waals surface area (Å²) in [5.41, 5.74) is 5.85. The molecular weight excluding hydrogens is 252 g/mol. The monoisotopic (exact) mass is 274 g/mol. The van der Waals surface area contributed by atoms with E-state index in [1.54, 1.807) is 7.11 Å². The molecule has 0 saturated carbocycles. The largest absolute Gasteiger partial charge is 0.381 e. The van der Waals surface area contributed by atoms with E-state index in [2.05, 4.69) is 14.5 Å². The Morgan fingerprint density at radius 2 is 2.33 bits per heavy atom. The lowest BCUT2D eigenvalue weighted by Gasteiger charge is -2.38. The second-order valence-electron chi connectivity index (χ2n) is 4.70. The Hall–Kier alpha value is -0.620. The van der Waals surface area contributed by atoms with Gasteiger partial charge in [-0.3, -0.25) is 4.90 Å². The molecule has 0 aromatic carbocycles. The lowest BCUT2D eigenvalue weighted by molar-refractivity contribution is 0.00904. The number of aromatic nitrogens is 2. The van der Waals surface area contributed by atoms with Gasteiger partial charge in [0.25, 0.3) is 0 Å². The molecule has 2 unspecified atom stereocenters. The molecule has 104 valence electrons. The topological polar surface area (TPSA) is 56.3 Å². The zero-order valence-electron chi connectivity index (χ0n) is 11.1. The number of likely N-dealkylation sites (tertiary alicyclic amines) is 1. The molecule has 0 bridgehead atoms. The molecule has 2 rings (SSSR count). The van der Waals surface area contributed by atoms with Crippen LogP contribution in [-0.4, -0.2) is 46.8 Å². The third kappa shape index (κ3) is 3.45. The number of imidazole rings is 1. The lowest BCUT2D eigenvalue weighted by Crippen LogP contribution is -2.48. The molecule has 1 aromatic heterocycles. The second-order valence-corrected chi connectivity index (χ2v) is 4.70. The number of aryl methyl sites for hydroxylation is 1. The highest BCUT2D eigenvalue weighted by Crippen LogP contribution is 2.20. The van der Waals surface area contributed by atoms with E-state index in [0.29, 0.717) is 18.7 Å². The molecule has 2 atom stereocenters. The van der Waals surface area contributed by atoms with Crippen LogP contribution in [0.3, 0.4) is 0 Å². The second kappa shape index (κ2) is 7.09. The van der Waals surface area contributed by atoms with Crippen molar-refractivity contribution in [2.45, 2.75) is 31.5 Å².